The predicted octanol–water partition coefficient (Wildman–Crippen LogP) is 2.35. The molecule has 3 rings (SSSR count). The van der Waals surface area contributed by atoms with Gasteiger partial charge in [0.25, 0.3) is 0 Å². The summed E-state index contributed by atoms with van der Waals surface area (Å²) in [6, 6.07) is 0.179. The Morgan fingerprint density at radius 3 is 2.47 bits per heavy atom. The van der Waals surface area contributed by atoms with Gasteiger partial charge in [0.1, 0.15) is 0 Å². The Morgan fingerprint density at radius 2 is 1.92 bits per heavy atom. The highest BCUT2D eigenvalue weighted by atomic mass is 19.4. The Labute approximate surface area is 210 Å². The number of likely N-dealkylation sites (tertiary alicyclic amines) is 1. The van der Waals surface area contributed by atoms with E-state index in [2.05, 4.69) is 35.9 Å². The smallest absolute Gasteiger partial charge is 0.356 e. The standard InChI is InChI=1S/C25H38F3N5O3/c1-23(2,3)17(32-22(36)25(26,27)28)13-33-12-16-18(24(16,4)5)19(33)21(35)31-15(8-9-29)11-14-7-6-10-30-20(14)34/h14-19H,6-8,10-13H2,1-5H3,(H,30,34)(H,31,35)(H,32,36)/t14-,15+,16-,17+,18-,19-/m0/s1. The molecule has 6 atom stereocenters. The maximum absolute atomic E-state index is 13.6. The number of rotatable bonds is 8. The molecule has 0 aromatic heterocycles. The van der Waals surface area contributed by atoms with Crippen LogP contribution < -0.4 is 16.0 Å². The van der Waals surface area contributed by atoms with Crippen molar-refractivity contribution < 1.29 is 27.6 Å². The molecular formula is C25H38F3N5O3. The van der Waals surface area contributed by atoms with E-state index in [0.717, 1.165) is 6.42 Å². The monoisotopic (exact) mass is 513 g/mol. The quantitative estimate of drug-likeness (QED) is 0.461. The van der Waals surface area contributed by atoms with Gasteiger partial charge in [-0.2, -0.15) is 18.4 Å². The number of halogens is 3. The van der Waals surface area contributed by atoms with E-state index in [9.17, 15) is 32.8 Å². The topological polar surface area (TPSA) is 114 Å². The van der Waals surface area contributed by atoms with Crippen LogP contribution in [0.5, 0.6) is 0 Å². The number of alkyl halides is 3. The van der Waals surface area contributed by atoms with E-state index in [0.29, 0.717) is 25.9 Å². The fourth-order valence-corrected chi connectivity index (χ4v) is 5.88. The van der Waals surface area contributed by atoms with Gasteiger partial charge < -0.3 is 16.0 Å². The summed E-state index contributed by atoms with van der Waals surface area (Å²) in [7, 11) is 0. The third kappa shape index (κ3) is 6.13. The molecule has 3 aliphatic rings. The number of nitriles is 1. The average molecular weight is 514 g/mol. The molecule has 2 aliphatic heterocycles. The third-order valence-electron chi connectivity index (χ3n) is 8.25. The van der Waals surface area contributed by atoms with E-state index < -0.39 is 35.6 Å². The number of carbonyl (C=O) groups is 3. The van der Waals surface area contributed by atoms with Gasteiger partial charge in [-0.25, -0.2) is 0 Å². The highest BCUT2D eigenvalue weighted by Gasteiger charge is 2.68. The van der Waals surface area contributed by atoms with Gasteiger partial charge in [0.05, 0.1) is 18.5 Å². The number of hydrogen-bond donors (Lipinski definition) is 3. The molecule has 0 spiro atoms. The van der Waals surface area contributed by atoms with Gasteiger partial charge in [-0.05, 0) is 41.9 Å². The Bertz CT molecular complexity index is 908. The second kappa shape index (κ2) is 10.2. The van der Waals surface area contributed by atoms with Crippen LogP contribution in [0.3, 0.4) is 0 Å². The van der Waals surface area contributed by atoms with Crippen LogP contribution in [0.25, 0.3) is 0 Å². The van der Waals surface area contributed by atoms with Gasteiger partial charge in [-0.15, -0.1) is 0 Å². The molecule has 0 aromatic carbocycles. The van der Waals surface area contributed by atoms with Gasteiger partial charge in [0.15, 0.2) is 0 Å². The Morgan fingerprint density at radius 1 is 1.25 bits per heavy atom. The summed E-state index contributed by atoms with van der Waals surface area (Å²) in [5.41, 5.74) is -0.763. The lowest BCUT2D eigenvalue weighted by molar-refractivity contribution is -0.175. The highest BCUT2D eigenvalue weighted by molar-refractivity contribution is 5.84. The summed E-state index contributed by atoms with van der Waals surface area (Å²) in [5, 5.41) is 17.3. The van der Waals surface area contributed by atoms with Crippen molar-refractivity contribution in [2.24, 2.45) is 28.6 Å². The van der Waals surface area contributed by atoms with Crippen LogP contribution in [0.1, 0.15) is 60.3 Å². The van der Waals surface area contributed by atoms with Gasteiger partial charge in [0.2, 0.25) is 11.8 Å². The van der Waals surface area contributed by atoms with E-state index in [1.807, 2.05) is 4.90 Å². The van der Waals surface area contributed by atoms with Crippen LogP contribution >= 0.6 is 0 Å². The lowest BCUT2D eigenvalue weighted by atomic mass is 9.85. The van der Waals surface area contributed by atoms with Crippen LogP contribution in [-0.2, 0) is 14.4 Å². The average Bonchev–Trinajstić information content (AvgIpc) is 3.08. The third-order valence-corrected chi connectivity index (χ3v) is 8.25. The fraction of sp³-hybridized carbons (Fsp3) is 0.840. The lowest BCUT2D eigenvalue weighted by Gasteiger charge is -2.38. The molecule has 1 aliphatic carbocycles. The molecule has 0 radical (unpaired) electrons. The SMILES string of the molecule is CC(C)(C)[C@@H](CN1C[C@H]2[C@@H]([C@H]1C(=O)N[C@H](CC#N)C[C@@H]1CCCNC1=O)C2(C)C)NC(=O)C(F)(F)F. The van der Waals surface area contributed by atoms with E-state index in [-0.39, 0.29) is 47.9 Å². The summed E-state index contributed by atoms with van der Waals surface area (Å²) in [6.07, 6.45) is -3.03. The second-order valence-electron chi connectivity index (χ2n) is 12.2. The first kappa shape index (κ1) is 28.2. The summed E-state index contributed by atoms with van der Waals surface area (Å²) >= 11 is 0. The largest absolute Gasteiger partial charge is 0.471 e. The van der Waals surface area contributed by atoms with Crippen molar-refractivity contribution in [3.8, 4) is 6.07 Å². The minimum atomic E-state index is -4.99. The molecular weight excluding hydrogens is 475 g/mol. The molecule has 202 valence electrons. The maximum Gasteiger partial charge on any atom is 0.471 e. The van der Waals surface area contributed by atoms with Crippen molar-refractivity contribution in [3.05, 3.63) is 0 Å². The molecule has 1 saturated carbocycles. The molecule has 36 heavy (non-hydrogen) atoms. The molecule has 2 saturated heterocycles. The lowest BCUT2D eigenvalue weighted by Crippen LogP contribution is -2.58. The zero-order valence-electron chi connectivity index (χ0n) is 21.7. The van der Waals surface area contributed by atoms with Crippen molar-refractivity contribution in [1.82, 2.24) is 20.9 Å². The predicted molar refractivity (Wildman–Crippen MR) is 126 cm³/mol. The number of carbonyl (C=O) groups excluding carboxylic acids is 3. The maximum atomic E-state index is 13.6. The van der Waals surface area contributed by atoms with Crippen LogP contribution in [-0.4, -0.2) is 66.6 Å². The minimum Gasteiger partial charge on any atom is -0.356 e. The second-order valence-corrected chi connectivity index (χ2v) is 12.2. The molecule has 2 heterocycles. The van der Waals surface area contributed by atoms with E-state index in [4.69, 9.17) is 0 Å². The Kier molecular flexibility index (Phi) is 7.99. The van der Waals surface area contributed by atoms with Crippen molar-refractivity contribution in [2.45, 2.75) is 84.6 Å². The summed E-state index contributed by atoms with van der Waals surface area (Å²) < 4.78 is 38.9. The van der Waals surface area contributed by atoms with Crippen molar-refractivity contribution in [1.29, 1.82) is 5.26 Å². The van der Waals surface area contributed by atoms with Gasteiger partial charge in [-0.3, -0.25) is 19.3 Å². The normalized spacial score (nSPS) is 29.4. The number of amides is 3. The molecule has 0 aromatic rings. The molecule has 0 unspecified atom stereocenters. The van der Waals surface area contributed by atoms with Gasteiger partial charge in [0, 0.05) is 37.6 Å². The number of nitrogens with one attached hydrogen (secondary N) is 3. The van der Waals surface area contributed by atoms with E-state index in [1.165, 1.54) is 0 Å². The fourth-order valence-electron chi connectivity index (χ4n) is 5.88. The Balaban J connectivity index is 1.75. The highest BCUT2D eigenvalue weighted by Crippen LogP contribution is 2.64. The molecule has 11 heteroatoms. The molecule has 3 fully saturated rings. The number of hydrogen-bond acceptors (Lipinski definition) is 5. The van der Waals surface area contributed by atoms with E-state index >= 15 is 0 Å². The molecule has 3 amide bonds. The van der Waals surface area contributed by atoms with Crippen LogP contribution in [0.4, 0.5) is 13.2 Å². The van der Waals surface area contributed by atoms with Crippen molar-refractivity contribution in [3.63, 3.8) is 0 Å². The van der Waals surface area contributed by atoms with Crippen LogP contribution in [0.15, 0.2) is 0 Å². The van der Waals surface area contributed by atoms with Crippen molar-refractivity contribution in [2.75, 3.05) is 19.6 Å². The summed E-state index contributed by atoms with van der Waals surface area (Å²) in [4.78, 5) is 39.4. The summed E-state index contributed by atoms with van der Waals surface area (Å²) in [5.74, 6) is -2.38. The first-order valence-electron chi connectivity index (χ1n) is 12.6. The Hall–Kier alpha value is -2.35. The van der Waals surface area contributed by atoms with Crippen LogP contribution in [0.2, 0.25) is 0 Å². The minimum absolute atomic E-state index is 0.0251. The molecule has 3 N–H and O–H groups in total. The zero-order valence-corrected chi connectivity index (χ0v) is 21.7. The number of nitrogens with zero attached hydrogens (tertiary/aromatic N) is 2. The van der Waals surface area contributed by atoms with Gasteiger partial charge in [-0.1, -0.05) is 34.6 Å². The summed E-state index contributed by atoms with van der Waals surface area (Å²) in [6.45, 7) is 10.7. The van der Waals surface area contributed by atoms with Crippen molar-refractivity contribution >= 4 is 17.7 Å². The molecule has 8 nitrogen and oxygen atoms in total. The first-order valence-corrected chi connectivity index (χ1v) is 12.6. The van der Waals surface area contributed by atoms with Gasteiger partial charge >= 0.3 is 12.1 Å². The van der Waals surface area contributed by atoms with E-state index in [1.54, 1.807) is 20.8 Å². The zero-order chi connectivity index (χ0) is 27.1. The molecule has 0 bridgehead atoms. The van der Waals surface area contributed by atoms with Crippen LogP contribution in [0, 0.1) is 39.9 Å². The first-order chi connectivity index (χ1) is 16.6. The number of fused-ring (bicyclic) bond motifs is 1. The number of piperidine rings is 2.